The lowest BCUT2D eigenvalue weighted by Crippen LogP contribution is -2.61. The van der Waals surface area contributed by atoms with E-state index in [1.807, 2.05) is 91.0 Å². The van der Waals surface area contributed by atoms with Gasteiger partial charge in [0.05, 0.1) is 32.0 Å². The second-order valence-corrected chi connectivity index (χ2v) is 10.4. The molecule has 5 atom stereocenters. The first kappa shape index (κ1) is 29.9. The number of esters is 1. The Bertz CT molecular complexity index is 1390. The van der Waals surface area contributed by atoms with Crippen LogP contribution in [0.4, 0.5) is 0 Å². The van der Waals surface area contributed by atoms with E-state index in [-0.39, 0.29) is 25.4 Å². The van der Waals surface area contributed by atoms with Gasteiger partial charge in [0.25, 0.3) is 0 Å². The molecule has 0 spiro atoms. The van der Waals surface area contributed by atoms with Crippen molar-refractivity contribution in [3.63, 3.8) is 0 Å². The third-order valence-electron chi connectivity index (χ3n) is 6.86. The molecular weight excluding hydrogens is 556 g/mol. The van der Waals surface area contributed by atoms with Crippen LogP contribution < -0.4 is 0 Å². The van der Waals surface area contributed by atoms with E-state index in [4.69, 9.17) is 35.3 Å². The molecule has 1 fully saturated rings. The molecule has 5 rings (SSSR count). The van der Waals surface area contributed by atoms with Gasteiger partial charge in [0.1, 0.15) is 24.4 Å². The number of aliphatic hydroxyl groups excluding tert-OH is 1. The topological polar surface area (TPSA) is 83.5 Å². The Morgan fingerprint density at radius 3 is 1.83 bits per heavy atom. The quantitative estimate of drug-likeness (QED) is 0.204. The van der Waals surface area contributed by atoms with E-state index in [1.165, 1.54) is 6.07 Å². The molecule has 1 saturated heterocycles. The first-order chi connectivity index (χ1) is 20.6. The molecule has 0 aromatic heterocycles. The zero-order valence-electron chi connectivity index (χ0n) is 23.0. The van der Waals surface area contributed by atoms with Crippen LogP contribution in [0.25, 0.3) is 0 Å². The van der Waals surface area contributed by atoms with Gasteiger partial charge in [0.2, 0.25) is 6.29 Å². The molecule has 7 nitrogen and oxygen atoms in total. The molecule has 1 aliphatic heterocycles. The Morgan fingerprint density at radius 1 is 0.714 bits per heavy atom. The molecule has 0 bridgehead atoms. The summed E-state index contributed by atoms with van der Waals surface area (Å²) in [5.74, 6) is -0.684. The van der Waals surface area contributed by atoms with Gasteiger partial charge in [-0.1, -0.05) is 109 Å². The summed E-state index contributed by atoms with van der Waals surface area (Å²) in [5, 5.41) is 11.9. The highest BCUT2D eigenvalue weighted by Gasteiger charge is 2.48. The van der Waals surface area contributed by atoms with Crippen LogP contribution in [0, 0.1) is 0 Å². The smallest absolute Gasteiger partial charge is 0.340 e. The van der Waals surface area contributed by atoms with Crippen molar-refractivity contribution in [1.82, 2.24) is 0 Å². The van der Waals surface area contributed by atoms with Gasteiger partial charge in [-0.25, -0.2) is 4.79 Å². The normalized spacial score (nSPS) is 22.0. The number of benzene rings is 4. The molecule has 1 heterocycles. The van der Waals surface area contributed by atoms with Crippen molar-refractivity contribution in [3.05, 3.63) is 143 Å². The maximum Gasteiger partial charge on any atom is 0.340 e. The summed E-state index contributed by atoms with van der Waals surface area (Å²) in [6, 6.07) is 35.5. The minimum atomic E-state index is -1.34. The maximum atomic E-state index is 13.0. The van der Waals surface area contributed by atoms with Crippen molar-refractivity contribution >= 4 is 17.6 Å². The first-order valence-corrected chi connectivity index (χ1v) is 14.2. The Kier molecular flexibility index (Phi) is 10.7. The Morgan fingerprint density at radius 2 is 1.26 bits per heavy atom. The molecule has 8 heteroatoms. The van der Waals surface area contributed by atoms with Crippen LogP contribution in [0.3, 0.4) is 0 Å². The van der Waals surface area contributed by atoms with Crippen molar-refractivity contribution in [3.8, 4) is 0 Å². The molecular formula is C34H33ClO7. The van der Waals surface area contributed by atoms with Gasteiger partial charge in [0.15, 0.2) is 0 Å². The van der Waals surface area contributed by atoms with Gasteiger partial charge in [-0.15, -0.1) is 0 Å². The fourth-order valence-electron chi connectivity index (χ4n) is 4.71. The summed E-state index contributed by atoms with van der Waals surface area (Å²) < 4.78 is 30.6. The lowest BCUT2D eigenvalue weighted by Gasteiger charge is -2.43. The molecule has 0 aliphatic carbocycles. The van der Waals surface area contributed by atoms with Gasteiger partial charge < -0.3 is 28.8 Å². The number of ether oxygens (including phenoxy) is 5. The van der Waals surface area contributed by atoms with Crippen LogP contribution in [0.5, 0.6) is 0 Å². The van der Waals surface area contributed by atoms with Crippen molar-refractivity contribution in [2.45, 2.75) is 50.5 Å². The molecule has 4 aromatic rings. The number of hydrogen-bond donors (Lipinski definition) is 1. The first-order valence-electron chi connectivity index (χ1n) is 13.8. The van der Waals surface area contributed by atoms with Crippen LogP contribution >= 0.6 is 11.6 Å². The molecule has 0 amide bonds. The van der Waals surface area contributed by atoms with E-state index >= 15 is 0 Å². The van der Waals surface area contributed by atoms with Gasteiger partial charge in [-0.2, -0.15) is 0 Å². The molecule has 4 aromatic carbocycles. The Balaban J connectivity index is 1.38. The standard InChI is InChI=1S/C34H33ClO7/c35-28-18-10-17-27(19-28)33(37)42-34-30(36)32(40-22-26-15-8-3-9-16-26)31(39-21-25-13-6-2-7-14-25)29(41-34)23-38-20-24-11-4-1-5-12-24/h1-19,29-32,34,36H,20-23H2/t29-,30-,31-,32-,34?/m1/s1. The maximum absolute atomic E-state index is 13.0. The fraction of sp³-hybridized carbons (Fsp3) is 0.265. The summed E-state index contributed by atoms with van der Waals surface area (Å²) in [6.45, 7) is 0.921. The van der Waals surface area contributed by atoms with E-state index in [0.29, 0.717) is 11.6 Å². The summed E-state index contributed by atoms with van der Waals surface area (Å²) >= 11 is 6.08. The average Bonchev–Trinajstić information content (AvgIpc) is 3.02. The van der Waals surface area contributed by atoms with Gasteiger partial charge in [-0.3, -0.25) is 0 Å². The van der Waals surface area contributed by atoms with E-state index in [9.17, 15) is 9.90 Å². The van der Waals surface area contributed by atoms with Crippen LogP contribution in [0.15, 0.2) is 115 Å². The summed E-state index contributed by atoms with van der Waals surface area (Å²) in [7, 11) is 0. The molecule has 0 saturated carbocycles. The molecule has 0 radical (unpaired) electrons. The largest absolute Gasteiger partial charge is 0.429 e. The van der Waals surface area contributed by atoms with Crippen molar-refractivity contribution in [1.29, 1.82) is 0 Å². The number of halogens is 1. The van der Waals surface area contributed by atoms with Crippen LogP contribution in [-0.2, 0) is 43.5 Å². The summed E-state index contributed by atoms with van der Waals surface area (Å²) in [4.78, 5) is 13.0. The van der Waals surface area contributed by atoms with Gasteiger partial charge in [-0.05, 0) is 34.9 Å². The minimum Gasteiger partial charge on any atom is -0.429 e. The number of carbonyl (C=O) groups excluding carboxylic acids is 1. The highest BCUT2D eigenvalue weighted by Crippen LogP contribution is 2.30. The van der Waals surface area contributed by atoms with Crippen molar-refractivity contribution in [2.24, 2.45) is 0 Å². The number of hydrogen-bond acceptors (Lipinski definition) is 7. The van der Waals surface area contributed by atoms with Crippen LogP contribution in [0.1, 0.15) is 27.0 Å². The third-order valence-corrected chi connectivity index (χ3v) is 7.10. The molecule has 1 N–H and O–H groups in total. The predicted molar refractivity (Wildman–Crippen MR) is 158 cm³/mol. The number of rotatable bonds is 12. The van der Waals surface area contributed by atoms with E-state index in [1.54, 1.807) is 18.2 Å². The highest BCUT2D eigenvalue weighted by atomic mass is 35.5. The second-order valence-electron chi connectivity index (χ2n) is 9.97. The minimum absolute atomic E-state index is 0.109. The number of aliphatic hydroxyl groups is 1. The fourth-order valence-corrected chi connectivity index (χ4v) is 4.90. The van der Waals surface area contributed by atoms with Gasteiger partial charge >= 0.3 is 5.97 Å². The second kappa shape index (κ2) is 15.1. The summed E-state index contributed by atoms with van der Waals surface area (Å²) in [5.41, 5.74) is 3.10. The molecule has 1 unspecified atom stereocenters. The zero-order valence-corrected chi connectivity index (χ0v) is 23.7. The monoisotopic (exact) mass is 588 g/mol. The molecule has 1 aliphatic rings. The third kappa shape index (κ3) is 8.26. The van der Waals surface area contributed by atoms with Crippen LogP contribution in [-0.4, -0.2) is 48.4 Å². The lowest BCUT2D eigenvalue weighted by atomic mass is 9.98. The van der Waals surface area contributed by atoms with E-state index < -0.39 is 36.7 Å². The van der Waals surface area contributed by atoms with E-state index in [0.717, 1.165) is 16.7 Å². The van der Waals surface area contributed by atoms with Crippen LogP contribution in [0.2, 0.25) is 5.02 Å². The molecule has 218 valence electrons. The SMILES string of the molecule is O=C(OC1O[C@H](COCc2ccccc2)[C@@H](OCc2ccccc2)[C@H](OCc2ccccc2)[C@H]1O)c1cccc(Cl)c1. The Hall–Kier alpha value is -3.56. The summed E-state index contributed by atoms with van der Waals surface area (Å²) in [6.07, 6.45) is -5.04. The zero-order chi connectivity index (χ0) is 29.1. The average molecular weight is 589 g/mol. The van der Waals surface area contributed by atoms with Crippen molar-refractivity contribution < 1.29 is 33.6 Å². The highest BCUT2D eigenvalue weighted by molar-refractivity contribution is 6.30. The van der Waals surface area contributed by atoms with Crippen molar-refractivity contribution in [2.75, 3.05) is 6.61 Å². The number of carbonyl (C=O) groups is 1. The predicted octanol–water partition coefficient (Wildman–Crippen LogP) is 5.97. The van der Waals surface area contributed by atoms with E-state index in [2.05, 4.69) is 0 Å². The Labute approximate surface area is 250 Å². The molecule has 42 heavy (non-hydrogen) atoms. The lowest BCUT2D eigenvalue weighted by molar-refractivity contribution is -0.305. The van der Waals surface area contributed by atoms with Gasteiger partial charge in [0, 0.05) is 5.02 Å².